The van der Waals surface area contributed by atoms with Gasteiger partial charge in [0.1, 0.15) is 12.4 Å². The van der Waals surface area contributed by atoms with Crippen molar-refractivity contribution in [1.29, 1.82) is 0 Å². The normalized spacial score (nSPS) is 16.8. The van der Waals surface area contributed by atoms with Gasteiger partial charge in [0.15, 0.2) is 0 Å². The van der Waals surface area contributed by atoms with Crippen LogP contribution in [0.25, 0.3) is 0 Å². The molecule has 1 atom stereocenters. The molecule has 0 bridgehead atoms. The third-order valence-electron chi connectivity index (χ3n) is 3.25. The second-order valence-corrected chi connectivity index (χ2v) is 5.30. The molecule has 1 aliphatic rings. The summed E-state index contributed by atoms with van der Waals surface area (Å²) in [4.78, 5) is 22.7. The van der Waals surface area contributed by atoms with Crippen molar-refractivity contribution in [2.45, 2.75) is 19.1 Å². The van der Waals surface area contributed by atoms with E-state index in [4.69, 9.17) is 10.5 Å². The van der Waals surface area contributed by atoms with Crippen LogP contribution in [0.1, 0.15) is 5.56 Å². The third kappa shape index (κ3) is 4.27. The van der Waals surface area contributed by atoms with Crippen LogP contribution < -0.4 is 15.8 Å². The van der Waals surface area contributed by atoms with Gasteiger partial charge < -0.3 is 20.7 Å². The van der Waals surface area contributed by atoms with Crippen LogP contribution in [0, 0.1) is 6.92 Å². The number of ether oxygens (including phenoxy) is 1. The molecule has 0 spiro atoms. The second-order valence-electron chi connectivity index (χ2n) is 5.30. The summed E-state index contributed by atoms with van der Waals surface area (Å²) in [6.45, 7) is 0.764. The van der Waals surface area contributed by atoms with Crippen LogP contribution in [0.3, 0.4) is 0 Å². The van der Waals surface area contributed by atoms with Gasteiger partial charge in [-0.05, 0) is 24.6 Å². The largest absolute Gasteiger partial charge is 0.489 e. The number of amides is 2. The highest BCUT2D eigenvalue weighted by molar-refractivity contribution is 5.87. The monoisotopic (exact) mass is 331 g/mol. The molecule has 3 N–H and O–H groups in total. The number of rotatable bonds is 4. The summed E-state index contributed by atoms with van der Waals surface area (Å²) in [6.07, 6.45) is -5.07. The number of nitrogens with two attached hydrogens (primary N) is 1. The van der Waals surface area contributed by atoms with Crippen molar-refractivity contribution in [3.63, 3.8) is 0 Å². The van der Waals surface area contributed by atoms with E-state index in [1.54, 1.807) is 12.1 Å². The standard InChI is InChI=1S/C14H16F3N3O3/c1-8-2-3-11-10(4-8)19-9(7-23-11)5-20(6-12(18)21)13(22)14(15,16)17/h2-4,9,19H,5-7H2,1H3,(H2,18,21). The van der Waals surface area contributed by atoms with Crippen LogP contribution in [0.2, 0.25) is 0 Å². The summed E-state index contributed by atoms with van der Waals surface area (Å²) in [5.41, 5.74) is 6.49. The van der Waals surface area contributed by atoms with E-state index in [0.29, 0.717) is 16.3 Å². The molecule has 0 saturated carbocycles. The molecule has 2 amide bonds. The predicted molar refractivity (Wildman–Crippen MR) is 75.9 cm³/mol. The Morgan fingerprint density at radius 3 is 2.74 bits per heavy atom. The minimum atomic E-state index is -5.07. The highest BCUT2D eigenvalue weighted by Gasteiger charge is 2.43. The molecule has 6 nitrogen and oxygen atoms in total. The van der Waals surface area contributed by atoms with E-state index < -0.39 is 30.6 Å². The minimum absolute atomic E-state index is 0.0659. The van der Waals surface area contributed by atoms with Gasteiger partial charge in [-0.3, -0.25) is 9.59 Å². The molecule has 0 fully saturated rings. The summed E-state index contributed by atoms with van der Waals surface area (Å²) < 4.78 is 43.3. The number of benzene rings is 1. The number of carbonyl (C=O) groups excluding carboxylic acids is 2. The molecule has 1 heterocycles. The first kappa shape index (κ1) is 16.9. The maximum absolute atomic E-state index is 12.6. The van der Waals surface area contributed by atoms with Crippen LogP contribution >= 0.6 is 0 Å². The number of halogens is 3. The Kier molecular flexibility index (Phi) is 4.67. The van der Waals surface area contributed by atoms with Crippen LogP contribution in [-0.4, -0.2) is 48.6 Å². The van der Waals surface area contributed by atoms with Crippen molar-refractivity contribution >= 4 is 17.5 Å². The van der Waals surface area contributed by atoms with Crippen LogP contribution in [0.15, 0.2) is 18.2 Å². The summed E-state index contributed by atoms with van der Waals surface area (Å²) in [6, 6.07) is 4.78. The Bertz CT molecular complexity index is 619. The van der Waals surface area contributed by atoms with E-state index in [1.807, 2.05) is 13.0 Å². The lowest BCUT2D eigenvalue weighted by atomic mass is 10.1. The Labute approximate surface area is 130 Å². The van der Waals surface area contributed by atoms with Crippen molar-refractivity contribution < 1.29 is 27.5 Å². The molecule has 1 aromatic carbocycles. The summed E-state index contributed by atoms with van der Waals surface area (Å²) in [5, 5.41) is 3.01. The maximum Gasteiger partial charge on any atom is 0.471 e. The molecule has 23 heavy (non-hydrogen) atoms. The van der Waals surface area contributed by atoms with Gasteiger partial charge in [0.25, 0.3) is 0 Å². The highest BCUT2D eigenvalue weighted by atomic mass is 19.4. The minimum Gasteiger partial charge on any atom is -0.489 e. The number of carbonyl (C=O) groups is 2. The Morgan fingerprint density at radius 2 is 2.13 bits per heavy atom. The number of anilines is 1. The van der Waals surface area contributed by atoms with Crippen LogP contribution in [0.5, 0.6) is 5.75 Å². The van der Waals surface area contributed by atoms with Gasteiger partial charge in [-0.2, -0.15) is 13.2 Å². The number of fused-ring (bicyclic) bond motifs is 1. The van der Waals surface area contributed by atoms with Crippen molar-refractivity contribution in [1.82, 2.24) is 4.90 Å². The lowest BCUT2D eigenvalue weighted by molar-refractivity contribution is -0.186. The zero-order valence-corrected chi connectivity index (χ0v) is 12.3. The Morgan fingerprint density at radius 1 is 1.43 bits per heavy atom. The first-order valence-corrected chi connectivity index (χ1v) is 6.81. The van der Waals surface area contributed by atoms with Crippen LogP contribution in [-0.2, 0) is 9.59 Å². The quantitative estimate of drug-likeness (QED) is 0.863. The van der Waals surface area contributed by atoms with Gasteiger partial charge in [0.2, 0.25) is 5.91 Å². The molecule has 0 aliphatic carbocycles. The number of hydrogen-bond acceptors (Lipinski definition) is 4. The van der Waals surface area contributed by atoms with Gasteiger partial charge in [-0.25, -0.2) is 0 Å². The topological polar surface area (TPSA) is 84.7 Å². The molecule has 1 aliphatic heterocycles. The SMILES string of the molecule is Cc1ccc2c(c1)NC(CN(CC(N)=O)C(=O)C(F)(F)F)CO2. The molecule has 9 heteroatoms. The number of nitrogens with zero attached hydrogens (tertiary/aromatic N) is 1. The Balaban J connectivity index is 2.11. The van der Waals surface area contributed by atoms with Crippen molar-refractivity contribution in [3.8, 4) is 5.75 Å². The molecule has 0 aromatic heterocycles. The van der Waals surface area contributed by atoms with E-state index in [1.165, 1.54) is 0 Å². The van der Waals surface area contributed by atoms with E-state index in [9.17, 15) is 22.8 Å². The lowest BCUT2D eigenvalue weighted by Crippen LogP contribution is -2.51. The summed E-state index contributed by atoms with van der Waals surface area (Å²) in [7, 11) is 0. The molecule has 0 saturated heterocycles. The zero-order valence-electron chi connectivity index (χ0n) is 12.3. The molecule has 1 unspecified atom stereocenters. The molecule has 126 valence electrons. The van der Waals surface area contributed by atoms with Crippen molar-refractivity contribution in [2.75, 3.05) is 25.0 Å². The smallest absolute Gasteiger partial charge is 0.471 e. The van der Waals surface area contributed by atoms with Crippen molar-refractivity contribution in [2.24, 2.45) is 5.73 Å². The fraction of sp³-hybridized carbons (Fsp3) is 0.429. The maximum atomic E-state index is 12.6. The van der Waals surface area contributed by atoms with E-state index in [-0.39, 0.29) is 13.2 Å². The second kappa shape index (κ2) is 6.35. The molecule has 0 radical (unpaired) electrons. The molecule has 1 aromatic rings. The van der Waals surface area contributed by atoms with Gasteiger partial charge in [-0.1, -0.05) is 6.07 Å². The average Bonchev–Trinajstić information content (AvgIpc) is 2.43. The van der Waals surface area contributed by atoms with E-state index in [0.717, 1.165) is 5.56 Å². The first-order valence-electron chi connectivity index (χ1n) is 6.81. The molecular weight excluding hydrogens is 315 g/mol. The lowest BCUT2D eigenvalue weighted by Gasteiger charge is -2.32. The average molecular weight is 331 g/mol. The fourth-order valence-corrected chi connectivity index (χ4v) is 2.29. The molecule has 2 rings (SSSR count). The fourth-order valence-electron chi connectivity index (χ4n) is 2.29. The number of alkyl halides is 3. The number of primary amides is 1. The number of nitrogens with one attached hydrogen (secondary N) is 1. The zero-order chi connectivity index (χ0) is 17.2. The predicted octanol–water partition coefficient (Wildman–Crippen LogP) is 1.04. The van der Waals surface area contributed by atoms with Gasteiger partial charge in [-0.15, -0.1) is 0 Å². The van der Waals surface area contributed by atoms with E-state index >= 15 is 0 Å². The number of aryl methyl sites for hydroxylation is 1. The molecular formula is C14H16F3N3O3. The van der Waals surface area contributed by atoms with Crippen molar-refractivity contribution in [3.05, 3.63) is 23.8 Å². The number of hydrogen-bond donors (Lipinski definition) is 2. The van der Waals surface area contributed by atoms with E-state index in [2.05, 4.69) is 5.32 Å². The van der Waals surface area contributed by atoms with Gasteiger partial charge in [0.05, 0.1) is 18.3 Å². The van der Waals surface area contributed by atoms with Gasteiger partial charge in [0, 0.05) is 6.54 Å². The summed E-state index contributed by atoms with van der Waals surface area (Å²) >= 11 is 0. The Hall–Kier alpha value is -2.45. The summed E-state index contributed by atoms with van der Waals surface area (Å²) in [5.74, 6) is -2.54. The van der Waals surface area contributed by atoms with Gasteiger partial charge >= 0.3 is 12.1 Å². The third-order valence-corrected chi connectivity index (χ3v) is 3.25. The first-order chi connectivity index (χ1) is 10.7. The van der Waals surface area contributed by atoms with Crippen LogP contribution in [0.4, 0.5) is 18.9 Å². The highest BCUT2D eigenvalue weighted by Crippen LogP contribution is 2.30.